The summed E-state index contributed by atoms with van der Waals surface area (Å²) in [5, 5.41) is 13.9. The van der Waals surface area contributed by atoms with E-state index in [1.54, 1.807) is 12.1 Å². The number of carboxylic acid groups (broad SMARTS) is 1. The molecule has 0 radical (unpaired) electrons. The lowest BCUT2D eigenvalue weighted by Crippen LogP contribution is -1.95. The number of fused-ring (bicyclic) bond motifs is 1. The van der Waals surface area contributed by atoms with Crippen molar-refractivity contribution >= 4 is 35.4 Å². The summed E-state index contributed by atoms with van der Waals surface area (Å²) >= 11 is 5.83. The monoisotopic (exact) mass is 299 g/mol. The second-order valence-electron chi connectivity index (χ2n) is 4.38. The molecule has 0 fully saturated rings. The molecule has 104 valence electrons. The Bertz CT molecular complexity index is 838. The summed E-state index contributed by atoms with van der Waals surface area (Å²) in [7, 11) is 0. The first kappa shape index (κ1) is 13.3. The number of benzene rings is 1. The lowest BCUT2D eigenvalue weighted by molar-refractivity contribution is 0.0691. The van der Waals surface area contributed by atoms with Crippen molar-refractivity contribution in [2.75, 3.05) is 0 Å². The van der Waals surface area contributed by atoms with Crippen molar-refractivity contribution in [1.82, 2.24) is 14.6 Å². The number of hydrogen-bond donors (Lipinski definition) is 1. The minimum Gasteiger partial charge on any atom is -0.476 e. The molecule has 6 heteroatoms. The quantitative estimate of drug-likeness (QED) is 0.806. The van der Waals surface area contributed by atoms with E-state index in [1.165, 1.54) is 10.7 Å². The molecule has 0 saturated heterocycles. The van der Waals surface area contributed by atoms with Crippen molar-refractivity contribution in [3.05, 3.63) is 64.6 Å². The Balaban J connectivity index is 1.90. The molecule has 0 aliphatic carbocycles. The number of nitrogens with zero attached hydrogens (tertiary/aromatic N) is 3. The molecule has 21 heavy (non-hydrogen) atoms. The zero-order chi connectivity index (χ0) is 14.8. The van der Waals surface area contributed by atoms with Crippen molar-refractivity contribution in [3.63, 3.8) is 0 Å². The minimum atomic E-state index is -1.07. The van der Waals surface area contributed by atoms with Crippen molar-refractivity contribution in [3.8, 4) is 0 Å². The molecule has 2 heterocycles. The minimum absolute atomic E-state index is 0.0265. The molecule has 3 rings (SSSR count). The van der Waals surface area contributed by atoms with E-state index in [9.17, 15) is 4.79 Å². The van der Waals surface area contributed by atoms with Gasteiger partial charge in [0, 0.05) is 5.02 Å². The normalized spacial score (nSPS) is 11.3. The van der Waals surface area contributed by atoms with E-state index in [-0.39, 0.29) is 5.69 Å². The maximum Gasteiger partial charge on any atom is 0.356 e. The molecule has 0 aliphatic heterocycles. The average molecular weight is 300 g/mol. The Kier molecular flexibility index (Phi) is 3.41. The molecule has 0 saturated carbocycles. The van der Waals surface area contributed by atoms with Crippen molar-refractivity contribution < 1.29 is 9.90 Å². The van der Waals surface area contributed by atoms with Gasteiger partial charge in [-0.15, -0.1) is 0 Å². The van der Waals surface area contributed by atoms with Gasteiger partial charge in [-0.1, -0.05) is 29.8 Å². The van der Waals surface area contributed by atoms with E-state index >= 15 is 0 Å². The van der Waals surface area contributed by atoms with E-state index in [0.29, 0.717) is 16.4 Å². The molecular weight excluding hydrogens is 290 g/mol. The van der Waals surface area contributed by atoms with Gasteiger partial charge in [-0.3, -0.25) is 0 Å². The summed E-state index contributed by atoms with van der Waals surface area (Å²) in [6.07, 6.45) is 5.12. The molecule has 0 amide bonds. The van der Waals surface area contributed by atoms with Crippen LogP contribution >= 0.6 is 11.6 Å². The van der Waals surface area contributed by atoms with Gasteiger partial charge in [-0.05, 0) is 35.9 Å². The molecule has 0 unspecified atom stereocenters. The van der Waals surface area contributed by atoms with E-state index in [2.05, 4.69) is 10.1 Å². The van der Waals surface area contributed by atoms with Crippen LogP contribution in [0, 0.1) is 0 Å². The van der Waals surface area contributed by atoms with Crippen LogP contribution in [0.25, 0.3) is 17.8 Å². The lowest BCUT2D eigenvalue weighted by Gasteiger charge is -1.96. The first-order valence-electron chi connectivity index (χ1n) is 6.15. The fraction of sp³-hybridized carbons (Fsp3) is 0. The number of aromatic nitrogens is 3. The maximum atomic E-state index is 10.9. The number of rotatable bonds is 3. The van der Waals surface area contributed by atoms with Gasteiger partial charge in [0.25, 0.3) is 0 Å². The summed E-state index contributed by atoms with van der Waals surface area (Å²) in [6.45, 7) is 0. The third kappa shape index (κ3) is 2.93. The summed E-state index contributed by atoms with van der Waals surface area (Å²) in [6, 6.07) is 10.9. The van der Waals surface area contributed by atoms with Gasteiger partial charge >= 0.3 is 5.97 Å². The van der Waals surface area contributed by atoms with Crippen LogP contribution < -0.4 is 0 Å². The Morgan fingerprint density at radius 1 is 1.14 bits per heavy atom. The Hall–Kier alpha value is -2.66. The molecule has 0 bridgehead atoms. The highest BCUT2D eigenvalue weighted by atomic mass is 35.5. The molecule has 0 atom stereocenters. The first-order chi connectivity index (χ1) is 10.1. The van der Waals surface area contributed by atoms with Gasteiger partial charge < -0.3 is 5.11 Å². The van der Waals surface area contributed by atoms with E-state index < -0.39 is 5.97 Å². The van der Waals surface area contributed by atoms with Crippen LogP contribution in [-0.2, 0) is 0 Å². The van der Waals surface area contributed by atoms with E-state index in [0.717, 1.165) is 5.56 Å². The largest absolute Gasteiger partial charge is 0.476 e. The molecular formula is C15H10ClN3O2. The third-order valence-electron chi connectivity index (χ3n) is 2.88. The summed E-state index contributed by atoms with van der Waals surface area (Å²) in [5.41, 5.74) is 2.17. The summed E-state index contributed by atoms with van der Waals surface area (Å²) in [4.78, 5) is 14.8. The van der Waals surface area contributed by atoms with Crippen LogP contribution in [0.5, 0.6) is 0 Å². The third-order valence-corrected chi connectivity index (χ3v) is 3.13. The van der Waals surface area contributed by atoms with Gasteiger partial charge in [-0.25, -0.2) is 14.3 Å². The second kappa shape index (κ2) is 5.38. The van der Waals surface area contributed by atoms with Crippen LogP contribution in [0.1, 0.15) is 21.7 Å². The Morgan fingerprint density at radius 2 is 1.90 bits per heavy atom. The predicted molar refractivity (Wildman–Crippen MR) is 80.3 cm³/mol. The SMILES string of the molecule is O=C(O)c1cn2nc(C=Cc3ccc(Cl)cc3)ccc2n1. The average Bonchev–Trinajstić information content (AvgIpc) is 2.90. The molecule has 2 aromatic heterocycles. The summed E-state index contributed by atoms with van der Waals surface area (Å²) < 4.78 is 1.45. The van der Waals surface area contributed by atoms with E-state index in [1.807, 2.05) is 36.4 Å². The predicted octanol–water partition coefficient (Wildman–Crippen LogP) is 3.25. The van der Waals surface area contributed by atoms with Crippen molar-refractivity contribution in [2.45, 2.75) is 0 Å². The zero-order valence-corrected chi connectivity index (χ0v) is 11.5. The fourth-order valence-electron chi connectivity index (χ4n) is 1.84. The lowest BCUT2D eigenvalue weighted by atomic mass is 10.2. The van der Waals surface area contributed by atoms with Crippen molar-refractivity contribution in [2.24, 2.45) is 0 Å². The molecule has 1 aromatic carbocycles. The van der Waals surface area contributed by atoms with Gasteiger partial charge in [-0.2, -0.15) is 5.10 Å². The van der Waals surface area contributed by atoms with Crippen LogP contribution in [-0.4, -0.2) is 25.7 Å². The first-order valence-corrected chi connectivity index (χ1v) is 6.53. The topological polar surface area (TPSA) is 67.5 Å². The number of halogens is 1. The Labute approximate surface area is 125 Å². The van der Waals surface area contributed by atoms with Gasteiger partial charge in [0.05, 0.1) is 11.9 Å². The van der Waals surface area contributed by atoms with Crippen LogP contribution in [0.15, 0.2) is 42.6 Å². The standard InChI is InChI=1S/C15H10ClN3O2/c16-11-4-1-10(2-5-11)3-6-12-7-8-14-17-13(15(20)21)9-19(14)18-12/h1-9H,(H,20,21). The maximum absolute atomic E-state index is 10.9. The van der Waals surface area contributed by atoms with Crippen LogP contribution in [0.4, 0.5) is 0 Å². The number of carboxylic acids is 1. The molecule has 3 aromatic rings. The molecule has 0 spiro atoms. The Morgan fingerprint density at radius 3 is 2.62 bits per heavy atom. The number of hydrogen-bond acceptors (Lipinski definition) is 3. The van der Waals surface area contributed by atoms with Crippen LogP contribution in [0.3, 0.4) is 0 Å². The molecule has 5 nitrogen and oxygen atoms in total. The van der Waals surface area contributed by atoms with E-state index in [4.69, 9.17) is 16.7 Å². The molecule has 1 N–H and O–H groups in total. The van der Waals surface area contributed by atoms with Crippen LogP contribution in [0.2, 0.25) is 5.02 Å². The number of carbonyl (C=O) groups is 1. The highest BCUT2D eigenvalue weighted by Crippen LogP contribution is 2.12. The smallest absolute Gasteiger partial charge is 0.356 e. The number of aromatic carboxylic acids is 1. The summed E-state index contributed by atoms with van der Waals surface area (Å²) in [5.74, 6) is -1.07. The fourth-order valence-corrected chi connectivity index (χ4v) is 1.97. The highest BCUT2D eigenvalue weighted by molar-refractivity contribution is 6.30. The number of imidazole rings is 1. The van der Waals surface area contributed by atoms with Gasteiger partial charge in [0.1, 0.15) is 0 Å². The second-order valence-corrected chi connectivity index (χ2v) is 4.81. The zero-order valence-electron chi connectivity index (χ0n) is 10.8. The highest BCUT2D eigenvalue weighted by Gasteiger charge is 2.08. The van der Waals surface area contributed by atoms with Gasteiger partial charge in [0.2, 0.25) is 0 Å². The molecule has 0 aliphatic rings. The van der Waals surface area contributed by atoms with Gasteiger partial charge in [0.15, 0.2) is 11.3 Å². The van der Waals surface area contributed by atoms with Crippen molar-refractivity contribution in [1.29, 1.82) is 0 Å².